The minimum absolute atomic E-state index is 0.0496. The number of ether oxygens (including phenoxy) is 1. The van der Waals surface area contributed by atoms with Crippen LogP contribution >= 0.6 is 15.9 Å². The Morgan fingerprint density at radius 2 is 2.17 bits per heavy atom. The lowest BCUT2D eigenvalue weighted by molar-refractivity contribution is -0.140. The smallest absolute Gasteiger partial charge is 0.287 e. The van der Waals surface area contributed by atoms with Crippen molar-refractivity contribution < 1.29 is 14.3 Å². The first-order chi connectivity index (χ1) is 8.49. The zero-order valence-electron chi connectivity index (χ0n) is 10.6. The van der Waals surface area contributed by atoms with Gasteiger partial charge in [-0.25, -0.2) is 0 Å². The fourth-order valence-corrected chi connectivity index (χ4v) is 2.05. The number of benzene rings is 1. The van der Waals surface area contributed by atoms with Crippen molar-refractivity contribution in [3.63, 3.8) is 0 Å². The summed E-state index contributed by atoms with van der Waals surface area (Å²) >= 11 is 3.38. The average Bonchev–Trinajstić information content (AvgIpc) is 2.34. The van der Waals surface area contributed by atoms with Crippen LogP contribution in [0.15, 0.2) is 22.7 Å². The molecule has 0 radical (unpaired) electrons. The largest absolute Gasteiger partial charge is 0.496 e. The summed E-state index contributed by atoms with van der Waals surface area (Å²) in [5, 5.41) is 0. The highest BCUT2D eigenvalue weighted by molar-refractivity contribution is 9.10. The zero-order valence-corrected chi connectivity index (χ0v) is 12.2. The molecule has 1 amide bonds. The van der Waals surface area contributed by atoms with E-state index < -0.39 is 5.91 Å². The van der Waals surface area contributed by atoms with E-state index in [0.717, 1.165) is 10.0 Å². The number of nitrogens with zero attached hydrogens (tertiary/aromatic N) is 1. The van der Waals surface area contributed by atoms with Gasteiger partial charge >= 0.3 is 0 Å². The molecule has 0 aliphatic heterocycles. The van der Waals surface area contributed by atoms with Gasteiger partial charge in [0.15, 0.2) is 0 Å². The van der Waals surface area contributed by atoms with Gasteiger partial charge in [-0.1, -0.05) is 15.9 Å². The monoisotopic (exact) mass is 313 g/mol. The molecule has 0 saturated heterocycles. The third-order valence-electron chi connectivity index (χ3n) is 2.59. The molecule has 1 aromatic rings. The lowest BCUT2D eigenvalue weighted by atomic mass is 10.1. The van der Waals surface area contributed by atoms with E-state index >= 15 is 0 Å². The Morgan fingerprint density at radius 1 is 1.50 bits per heavy atom. The maximum absolute atomic E-state index is 11.5. The summed E-state index contributed by atoms with van der Waals surface area (Å²) in [4.78, 5) is 23.7. The molecule has 1 aromatic carbocycles. The Balaban J connectivity index is 3.03. The van der Waals surface area contributed by atoms with E-state index in [1.165, 1.54) is 4.90 Å². The van der Waals surface area contributed by atoms with Crippen molar-refractivity contribution in [1.82, 2.24) is 4.90 Å². The van der Waals surface area contributed by atoms with Crippen LogP contribution in [0.3, 0.4) is 0 Å². The number of rotatable bonds is 5. The Bertz CT molecular complexity index is 446. The van der Waals surface area contributed by atoms with Gasteiger partial charge in [0.1, 0.15) is 5.75 Å². The van der Waals surface area contributed by atoms with Crippen LogP contribution in [0.1, 0.15) is 19.4 Å². The van der Waals surface area contributed by atoms with Crippen molar-refractivity contribution in [2.45, 2.75) is 26.4 Å². The molecule has 4 nitrogen and oxygen atoms in total. The summed E-state index contributed by atoms with van der Waals surface area (Å²) in [5.74, 6) is 0.176. The summed E-state index contributed by atoms with van der Waals surface area (Å²) in [7, 11) is 1.58. The second kappa shape index (κ2) is 6.54. The molecule has 0 heterocycles. The normalized spacial score (nSPS) is 10.3. The number of aldehydes is 1. The molecular weight excluding hydrogens is 298 g/mol. The third-order valence-corrected chi connectivity index (χ3v) is 3.08. The number of hydrogen-bond acceptors (Lipinski definition) is 3. The minimum atomic E-state index is -0.521. The first-order valence-electron chi connectivity index (χ1n) is 5.57. The number of carbonyl (C=O) groups excluding carboxylic acids is 2. The van der Waals surface area contributed by atoms with Crippen LogP contribution in [-0.2, 0) is 16.1 Å². The molecule has 5 heteroatoms. The van der Waals surface area contributed by atoms with E-state index in [0.29, 0.717) is 18.6 Å². The van der Waals surface area contributed by atoms with Crippen molar-refractivity contribution in [2.24, 2.45) is 0 Å². The summed E-state index contributed by atoms with van der Waals surface area (Å²) in [6.45, 7) is 4.08. The summed E-state index contributed by atoms with van der Waals surface area (Å²) < 4.78 is 6.15. The number of halogens is 1. The highest BCUT2D eigenvalue weighted by atomic mass is 79.9. The Kier molecular flexibility index (Phi) is 5.34. The molecule has 1 rings (SSSR count). The first kappa shape index (κ1) is 14.7. The fraction of sp³-hybridized carbons (Fsp3) is 0.385. The molecular formula is C13H16BrNO3. The molecule has 0 aromatic heterocycles. The molecule has 0 spiro atoms. The fourth-order valence-electron chi connectivity index (χ4n) is 1.64. The van der Waals surface area contributed by atoms with Gasteiger partial charge in [-0.05, 0) is 32.0 Å². The predicted molar refractivity (Wildman–Crippen MR) is 72.4 cm³/mol. The van der Waals surface area contributed by atoms with Crippen LogP contribution in [0.2, 0.25) is 0 Å². The predicted octanol–water partition coefficient (Wildman–Crippen LogP) is 2.39. The van der Waals surface area contributed by atoms with Gasteiger partial charge in [0.25, 0.3) is 5.91 Å². The number of carbonyl (C=O) groups is 2. The van der Waals surface area contributed by atoms with Gasteiger partial charge in [-0.15, -0.1) is 0 Å². The molecule has 0 atom stereocenters. The Labute approximate surface area is 115 Å². The van der Waals surface area contributed by atoms with E-state index in [4.69, 9.17) is 4.74 Å². The molecule has 0 unspecified atom stereocenters. The molecule has 0 N–H and O–H groups in total. The lowest BCUT2D eigenvalue weighted by Gasteiger charge is -2.25. The second-order valence-corrected chi connectivity index (χ2v) is 5.05. The van der Waals surface area contributed by atoms with Gasteiger partial charge in [0.05, 0.1) is 13.7 Å². The van der Waals surface area contributed by atoms with Crippen LogP contribution in [0.25, 0.3) is 0 Å². The maximum Gasteiger partial charge on any atom is 0.287 e. The first-order valence-corrected chi connectivity index (χ1v) is 6.37. The van der Waals surface area contributed by atoms with Crippen molar-refractivity contribution in [2.75, 3.05) is 7.11 Å². The summed E-state index contributed by atoms with van der Waals surface area (Å²) in [6, 6.07) is 5.52. The highest BCUT2D eigenvalue weighted by Gasteiger charge is 2.18. The SMILES string of the molecule is COc1ccc(Br)cc1CN(C(=O)C=O)C(C)C. The van der Waals surface area contributed by atoms with E-state index in [2.05, 4.69) is 15.9 Å². The van der Waals surface area contributed by atoms with Gasteiger partial charge in [0.2, 0.25) is 6.29 Å². The van der Waals surface area contributed by atoms with E-state index in [-0.39, 0.29) is 6.04 Å². The van der Waals surface area contributed by atoms with Gasteiger partial charge in [-0.2, -0.15) is 0 Å². The van der Waals surface area contributed by atoms with Crippen LogP contribution in [-0.4, -0.2) is 30.2 Å². The third kappa shape index (κ3) is 3.57. The van der Waals surface area contributed by atoms with Crippen molar-refractivity contribution in [1.29, 1.82) is 0 Å². The van der Waals surface area contributed by atoms with Crippen LogP contribution in [0, 0.1) is 0 Å². The van der Waals surface area contributed by atoms with E-state index in [1.807, 2.05) is 32.0 Å². The Morgan fingerprint density at radius 3 is 2.67 bits per heavy atom. The van der Waals surface area contributed by atoms with Crippen LogP contribution in [0.5, 0.6) is 5.75 Å². The topological polar surface area (TPSA) is 46.6 Å². The molecule has 98 valence electrons. The van der Waals surface area contributed by atoms with Crippen LogP contribution in [0.4, 0.5) is 0 Å². The molecule has 0 saturated carbocycles. The molecule has 0 bridgehead atoms. The number of hydrogen-bond donors (Lipinski definition) is 0. The summed E-state index contributed by atoms with van der Waals surface area (Å²) in [5.41, 5.74) is 0.857. The summed E-state index contributed by atoms with van der Waals surface area (Å²) in [6.07, 6.45) is 0.338. The quantitative estimate of drug-likeness (QED) is 0.619. The molecule has 0 aliphatic rings. The second-order valence-electron chi connectivity index (χ2n) is 4.13. The van der Waals surface area contributed by atoms with E-state index in [9.17, 15) is 9.59 Å². The number of amides is 1. The molecule has 18 heavy (non-hydrogen) atoms. The minimum Gasteiger partial charge on any atom is -0.496 e. The van der Waals surface area contributed by atoms with Crippen LogP contribution < -0.4 is 4.74 Å². The van der Waals surface area contributed by atoms with E-state index in [1.54, 1.807) is 7.11 Å². The zero-order chi connectivity index (χ0) is 13.7. The highest BCUT2D eigenvalue weighted by Crippen LogP contribution is 2.24. The number of methoxy groups -OCH3 is 1. The van der Waals surface area contributed by atoms with Gasteiger partial charge < -0.3 is 9.64 Å². The molecule has 0 fully saturated rings. The van der Waals surface area contributed by atoms with Crippen molar-refractivity contribution in [3.05, 3.63) is 28.2 Å². The lowest BCUT2D eigenvalue weighted by Crippen LogP contribution is -2.37. The van der Waals surface area contributed by atoms with Crippen molar-refractivity contribution >= 4 is 28.1 Å². The average molecular weight is 314 g/mol. The maximum atomic E-state index is 11.5. The standard InChI is InChI=1S/C13H16BrNO3/c1-9(2)15(13(17)8-16)7-10-6-11(14)4-5-12(10)18-3/h4-6,8-9H,7H2,1-3H3. The molecule has 0 aliphatic carbocycles. The van der Waals surface area contributed by atoms with Gasteiger partial charge in [-0.3, -0.25) is 9.59 Å². The Hall–Kier alpha value is -1.36. The van der Waals surface area contributed by atoms with Crippen molar-refractivity contribution in [3.8, 4) is 5.75 Å². The van der Waals surface area contributed by atoms with Gasteiger partial charge in [0, 0.05) is 16.1 Å².